The minimum atomic E-state index is -1.30. The van der Waals surface area contributed by atoms with Crippen molar-refractivity contribution in [3.63, 3.8) is 0 Å². The molecule has 2 aliphatic heterocycles. The highest BCUT2D eigenvalue weighted by Crippen LogP contribution is 2.39. The van der Waals surface area contributed by atoms with Crippen LogP contribution in [0.4, 0.5) is 5.69 Å². The van der Waals surface area contributed by atoms with Crippen LogP contribution in [0.5, 0.6) is 0 Å². The van der Waals surface area contributed by atoms with Gasteiger partial charge in [0.15, 0.2) is 0 Å². The Labute approximate surface area is 151 Å². The average Bonchev–Trinajstić information content (AvgIpc) is 3.23. The summed E-state index contributed by atoms with van der Waals surface area (Å²) in [6.07, 6.45) is 3.90. The first-order valence-electron chi connectivity index (χ1n) is 8.64. The smallest absolute Gasteiger partial charge is 0.338 e. The fourth-order valence-electron chi connectivity index (χ4n) is 3.21. The number of rotatable bonds is 7. The van der Waals surface area contributed by atoms with Crippen molar-refractivity contribution in [2.75, 3.05) is 11.9 Å². The van der Waals surface area contributed by atoms with E-state index in [0.717, 1.165) is 12.8 Å². The molecular formula is C19H20NO6-. The molecule has 2 bridgehead atoms. The van der Waals surface area contributed by atoms with Crippen LogP contribution < -0.4 is 10.4 Å². The number of fused-ring (bicyclic) bond motifs is 2. The highest BCUT2D eigenvalue weighted by molar-refractivity contribution is 5.97. The number of carboxylic acid groups (broad SMARTS) is 1. The van der Waals surface area contributed by atoms with Gasteiger partial charge in [0, 0.05) is 17.6 Å². The van der Waals surface area contributed by atoms with Gasteiger partial charge in [-0.2, -0.15) is 0 Å². The van der Waals surface area contributed by atoms with Gasteiger partial charge < -0.3 is 24.7 Å². The van der Waals surface area contributed by atoms with Crippen LogP contribution in [0.15, 0.2) is 36.4 Å². The number of anilines is 1. The third-order valence-corrected chi connectivity index (χ3v) is 4.59. The highest BCUT2D eigenvalue weighted by atomic mass is 16.5. The number of esters is 1. The van der Waals surface area contributed by atoms with Crippen LogP contribution in [0, 0.1) is 11.8 Å². The van der Waals surface area contributed by atoms with Gasteiger partial charge in [0.05, 0.1) is 30.3 Å². The maximum Gasteiger partial charge on any atom is 0.338 e. The second-order valence-electron chi connectivity index (χ2n) is 6.38. The molecule has 4 atom stereocenters. The zero-order chi connectivity index (χ0) is 18.7. The highest BCUT2D eigenvalue weighted by Gasteiger charge is 2.50. The van der Waals surface area contributed by atoms with Crippen LogP contribution in [-0.2, 0) is 19.1 Å². The van der Waals surface area contributed by atoms with E-state index in [-0.39, 0.29) is 0 Å². The monoisotopic (exact) mass is 358 g/mol. The van der Waals surface area contributed by atoms with Crippen molar-refractivity contribution in [1.82, 2.24) is 0 Å². The van der Waals surface area contributed by atoms with Crippen molar-refractivity contribution < 1.29 is 29.0 Å². The molecule has 1 aromatic carbocycles. The summed E-state index contributed by atoms with van der Waals surface area (Å²) < 4.78 is 10.6. The molecule has 0 unspecified atom stereocenters. The van der Waals surface area contributed by atoms with E-state index < -0.39 is 41.9 Å². The van der Waals surface area contributed by atoms with Gasteiger partial charge in [0.25, 0.3) is 0 Å². The second-order valence-corrected chi connectivity index (χ2v) is 6.38. The van der Waals surface area contributed by atoms with Crippen molar-refractivity contribution in [3.05, 3.63) is 42.0 Å². The molecule has 0 aromatic heterocycles. The minimum absolute atomic E-state index is 0.371. The maximum absolute atomic E-state index is 12.5. The Balaban J connectivity index is 1.62. The largest absolute Gasteiger partial charge is 0.550 e. The molecule has 3 rings (SSSR count). The van der Waals surface area contributed by atoms with E-state index in [1.54, 1.807) is 36.4 Å². The van der Waals surface area contributed by atoms with E-state index in [2.05, 4.69) is 5.32 Å². The van der Waals surface area contributed by atoms with E-state index in [4.69, 9.17) is 9.47 Å². The molecule has 1 N–H and O–H groups in total. The number of hydrogen-bond donors (Lipinski definition) is 1. The molecular weight excluding hydrogens is 338 g/mol. The molecule has 1 amide bonds. The number of unbranched alkanes of at least 4 members (excludes halogenated alkanes) is 1. The van der Waals surface area contributed by atoms with E-state index >= 15 is 0 Å². The fourth-order valence-corrected chi connectivity index (χ4v) is 3.21. The van der Waals surface area contributed by atoms with Crippen molar-refractivity contribution in [2.24, 2.45) is 11.8 Å². The van der Waals surface area contributed by atoms with Crippen LogP contribution in [0.3, 0.4) is 0 Å². The first-order chi connectivity index (χ1) is 12.5. The Morgan fingerprint density at radius 3 is 2.38 bits per heavy atom. The van der Waals surface area contributed by atoms with E-state index in [1.165, 1.54) is 0 Å². The molecule has 138 valence electrons. The Kier molecular flexibility index (Phi) is 5.37. The summed E-state index contributed by atoms with van der Waals surface area (Å²) in [7, 11) is 0. The summed E-state index contributed by atoms with van der Waals surface area (Å²) in [5.41, 5.74) is 0.849. The van der Waals surface area contributed by atoms with Crippen LogP contribution >= 0.6 is 0 Å². The molecule has 2 aliphatic rings. The molecule has 0 radical (unpaired) electrons. The summed E-state index contributed by atoms with van der Waals surface area (Å²) in [5.74, 6) is -4.01. The normalized spacial score (nSPS) is 25.9. The molecule has 0 spiro atoms. The molecule has 1 aromatic rings. The molecule has 7 nitrogen and oxygen atoms in total. The molecule has 26 heavy (non-hydrogen) atoms. The average molecular weight is 358 g/mol. The van der Waals surface area contributed by atoms with Crippen LogP contribution in [0.1, 0.15) is 30.1 Å². The SMILES string of the molecule is CCCCOC(=O)c1ccc(NC(=O)[C@@H]2[C@@H](C(=O)[O-])[C@@H]3C=C[C@H]2O3)cc1. The lowest BCUT2D eigenvalue weighted by molar-refractivity contribution is -0.313. The van der Waals surface area contributed by atoms with Crippen molar-refractivity contribution in [3.8, 4) is 0 Å². The number of hydrogen-bond acceptors (Lipinski definition) is 6. The number of carbonyl (C=O) groups is 3. The van der Waals surface area contributed by atoms with Crippen molar-refractivity contribution in [1.29, 1.82) is 0 Å². The number of aliphatic carboxylic acids is 1. The van der Waals surface area contributed by atoms with E-state index in [0.29, 0.717) is 17.9 Å². The molecule has 0 saturated carbocycles. The van der Waals surface area contributed by atoms with Crippen molar-refractivity contribution in [2.45, 2.75) is 32.0 Å². The van der Waals surface area contributed by atoms with Gasteiger partial charge in [-0.25, -0.2) is 4.79 Å². The third-order valence-electron chi connectivity index (χ3n) is 4.59. The number of nitrogens with one attached hydrogen (secondary N) is 1. The van der Waals surface area contributed by atoms with Gasteiger partial charge in [0.2, 0.25) is 5.91 Å². The Morgan fingerprint density at radius 1 is 1.12 bits per heavy atom. The fraction of sp³-hybridized carbons (Fsp3) is 0.421. The number of amides is 1. The topological polar surface area (TPSA) is 105 Å². The summed E-state index contributed by atoms with van der Waals surface area (Å²) >= 11 is 0. The van der Waals surface area contributed by atoms with Gasteiger partial charge in [-0.05, 0) is 30.7 Å². The first kappa shape index (κ1) is 18.1. The van der Waals surface area contributed by atoms with E-state index in [1.807, 2.05) is 6.92 Å². The number of carboxylic acids is 1. The minimum Gasteiger partial charge on any atom is -0.550 e. The zero-order valence-corrected chi connectivity index (χ0v) is 14.3. The Bertz CT molecular complexity index is 726. The summed E-state index contributed by atoms with van der Waals surface area (Å²) in [5, 5.41) is 14.0. The quantitative estimate of drug-likeness (QED) is 0.441. The molecule has 1 saturated heterocycles. The predicted molar refractivity (Wildman–Crippen MR) is 90.1 cm³/mol. The molecule has 2 heterocycles. The number of carbonyl (C=O) groups excluding carboxylic acids is 3. The first-order valence-corrected chi connectivity index (χ1v) is 8.64. The predicted octanol–water partition coefficient (Wildman–Crippen LogP) is 0.901. The van der Waals surface area contributed by atoms with Crippen molar-refractivity contribution >= 4 is 23.5 Å². The lowest BCUT2D eigenvalue weighted by atomic mass is 9.82. The summed E-state index contributed by atoms with van der Waals surface area (Å²) in [6, 6.07) is 6.26. The van der Waals surface area contributed by atoms with Gasteiger partial charge >= 0.3 is 5.97 Å². The summed E-state index contributed by atoms with van der Waals surface area (Å²) in [6.45, 7) is 2.38. The van der Waals surface area contributed by atoms with Crippen LogP contribution in [0.2, 0.25) is 0 Å². The van der Waals surface area contributed by atoms with E-state index in [9.17, 15) is 19.5 Å². The molecule has 0 aliphatic carbocycles. The van der Waals surface area contributed by atoms with Gasteiger partial charge in [-0.3, -0.25) is 4.79 Å². The van der Waals surface area contributed by atoms with Crippen LogP contribution in [0.25, 0.3) is 0 Å². The van der Waals surface area contributed by atoms with Crippen LogP contribution in [-0.4, -0.2) is 36.7 Å². The zero-order valence-electron chi connectivity index (χ0n) is 14.3. The van der Waals surface area contributed by atoms with Gasteiger partial charge in [-0.1, -0.05) is 25.5 Å². The molecule has 1 fully saturated rings. The second kappa shape index (κ2) is 7.70. The lowest BCUT2D eigenvalue weighted by Gasteiger charge is -2.24. The lowest BCUT2D eigenvalue weighted by Crippen LogP contribution is -2.45. The number of ether oxygens (including phenoxy) is 2. The summed E-state index contributed by atoms with van der Waals surface area (Å²) in [4.78, 5) is 35.7. The maximum atomic E-state index is 12.5. The third kappa shape index (κ3) is 3.62. The molecule has 7 heteroatoms. The van der Waals surface area contributed by atoms with Gasteiger partial charge in [0.1, 0.15) is 0 Å². The number of benzene rings is 1. The van der Waals surface area contributed by atoms with Gasteiger partial charge in [-0.15, -0.1) is 0 Å². The Morgan fingerprint density at radius 2 is 1.77 bits per heavy atom. The Hall–Kier alpha value is -2.67. The standard InChI is InChI=1S/C19H21NO6/c1-2-3-10-25-19(24)11-4-6-12(7-5-11)20-17(21)15-13-8-9-14(26-13)16(15)18(22)23/h4-9,13-16H,2-3,10H2,1H3,(H,20,21)(H,22,23)/p-1/t13-,14+,15+,16+/m1/s1.